The molecule has 0 aromatic carbocycles. The summed E-state index contributed by atoms with van der Waals surface area (Å²) >= 11 is 6.40. The highest BCUT2D eigenvalue weighted by Crippen LogP contribution is 2.36. The molecule has 12 heteroatoms. The Bertz CT molecular complexity index is 1610. The van der Waals surface area contributed by atoms with E-state index in [1.54, 1.807) is 30.4 Å². The smallest absolute Gasteiger partial charge is 0.270 e. The van der Waals surface area contributed by atoms with Crippen molar-refractivity contribution < 1.29 is 14.4 Å². The number of halogens is 1. The van der Waals surface area contributed by atoms with Crippen LogP contribution in [0, 0.1) is 0 Å². The van der Waals surface area contributed by atoms with E-state index in [4.69, 9.17) is 11.6 Å². The van der Waals surface area contributed by atoms with Crippen molar-refractivity contribution in [2.24, 2.45) is 4.99 Å². The molecule has 1 saturated carbocycles. The number of allylic oxidation sites excluding steroid dienone is 2. The first kappa shape index (κ1) is 28.9. The predicted octanol–water partition coefficient (Wildman–Crippen LogP) is 3.37. The van der Waals surface area contributed by atoms with E-state index in [1.165, 1.54) is 18.5 Å². The van der Waals surface area contributed by atoms with Crippen molar-refractivity contribution in [1.29, 1.82) is 0 Å². The van der Waals surface area contributed by atoms with Crippen molar-refractivity contribution in [3.05, 3.63) is 88.0 Å². The zero-order chi connectivity index (χ0) is 29.6. The molecule has 2 aromatic rings. The van der Waals surface area contributed by atoms with Gasteiger partial charge in [-0.2, -0.15) is 0 Å². The number of hydrogen-bond acceptors (Lipinski definition) is 8. The first-order chi connectivity index (χ1) is 20.3. The summed E-state index contributed by atoms with van der Waals surface area (Å²) in [5.74, 6) is -1.30. The number of aliphatic imine (C=N–C) groups is 1. The van der Waals surface area contributed by atoms with Crippen LogP contribution in [0.1, 0.15) is 47.8 Å². The molecule has 0 saturated heterocycles. The molecule has 0 radical (unpaired) electrons. The maximum absolute atomic E-state index is 12.9. The van der Waals surface area contributed by atoms with Crippen LogP contribution in [0.2, 0.25) is 5.02 Å². The standard InChI is InChI=1S/C30H29ClN8O3/c1-39(2)14-6-11-25(40)34-20-12-13-24(32-16-20)28(41)35-18-7-5-8-19(15-18)36-30-33-17-22(31)27(38-30)26-21-9-3-4-10-23(21)37-29(26)42/h6,9-13,16-18,26H,5,7-8,14-15H2,1-2H3,(H,34,40)(H,35,41)(H,37,42)/b11-6+,36-19+/t18-,26?/m0/s1. The number of hydrogen-bond donors (Lipinski definition) is 3. The average Bonchev–Trinajstić information content (AvgIpc) is 3.30. The molecule has 2 atom stereocenters. The number of rotatable bonds is 8. The minimum Gasteiger partial charge on any atom is -0.348 e. The van der Waals surface area contributed by atoms with E-state index < -0.39 is 5.92 Å². The Morgan fingerprint density at radius 2 is 2.05 bits per heavy atom. The van der Waals surface area contributed by atoms with Crippen LogP contribution >= 0.6 is 11.6 Å². The summed E-state index contributed by atoms with van der Waals surface area (Å²) in [6.07, 6.45) is 12.4. The van der Waals surface area contributed by atoms with Crippen molar-refractivity contribution >= 4 is 46.7 Å². The molecular weight excluding hydrogens is 556 g/mol. The van der Waals surface area contributed by atoms with Gasteiger partial charge in [-0.15, -0.1) is 0 Å². The Hall–Kier alpha value is -4.66. The summed E-state index contributed by atoms with van der Waals surface area (Å²) in [6.45, 7) is 0.651. The second-order valence-electron chi connectivity index (χ2n) is 10.3. The van der Waals surface area contributed by atoms with E-state index in [1.807, 2.05) is 19.0 Å². The SMILES string of the molecule is CN(C)C/C=C/C(=O)Nc1ccc(C(=O)N[C@H]2CCC/C(=N\c3ncc(Cl)c(C4C(=O)NC5=C4C=C=C=C5)n3)C2)nc1. The Labute approximate surface area is 247 Å². The lowest BCUT2D eigenvalue weighted by atomic mass is 9.93. The molecule has 3 N–H and O–H groups in total. The number of aromatic nitrogens is 3. The number of anilines is 1. The lowest BCUT2D eigenvalue weighted by molar-refractivity contribution is -0.120. The number of likely N-dealkylation sites (N-methyl/N-ethyl adjacent to an activating group) is 1. The van der Waals surface area contributed by atoms with E-state index in [9.17, 15) is 14.4 Å². The van der Waals surface area contributed by atoms with Gasteiger partial charge in [0.15, 0.2) is 0 Å². The molecule has 1 unspecified atom stereocenters. The Balaban J connectivity index is 1.21. The molecule has 2 aliphatic carbocycles. The Kier molecular flexibility index (Phi) is 8.85. The highest BCUT2D eigenvalue weighted by Gasteiger charge is 2.36. The summed E-state index contributed by atoms with van der Waals surface area (Å²) in [4.78, 5) is 57.2. The zero-order valence-electron chi connectivity index (χ0n) is 23.1. The predicted molar refractivity (Wildman–Crippen MR) is 158 cm³/mol. The van der Waals surface area contributed by atoms with E-state index in [0.717, 1.165) is 30.5 Å². The molecule has 1 aliphatic heterocycles. The van der Waals surface area contributed by atoms with Gasteiger partial charge in [0, 0.05) is 42.4 Å². The maximum Gasteiger partial charge on any atom is 0.270 e. The quantitative estimate of drug-likeness (QED) is 0.319. The van der Waals surface area contributed by atoms with Crippen LogP contribution in [0.5, 0.6) is 0 Å². The second kappa shape index (κ2) is 12.9. The summed E-state index contributed by atoms with van der Waals surface area (Å²) in [6, 6.07) is 3.07. The number of carbonyl (C=O) groups is 3. The molecule has 3 heterocycles. The molecule has 11 nitrogen and oxygen atoms in total. The highest BCUT2D eigenvalue weighted by molar-refractivity contribution is 6.31. The second-order valence-corrected chi connectivity index (χ2v) is 10.7. The normalized spacial score (nSPS) is 20.4. The molecule has 0 bridgehead atoms. The van der Waals surface area contributed by atoms with Crippen molar-refractivity contribution in [2.75, 3.05) is 26.0 Å². The van der Waals surface area contributed by atoms with E-state index in [2.05, 4.69) is 47.4 Å². The van der Waals surface area contributed by atoms with Gasteiger partial charge in [0.2, 0.25) is 17.8 Å². The summed E-state index contributed by atoms with van der Waals surface area (Å²) < 4.78 is 0. The highest BCUT2D eigenvalue weighted by atomic mass is 35.5. The average molecular weight is 585 g/mol. The molecule has 1 fully saturated rings. The van der Waals surface area contributed by atoms with Gasteiger partial charge in [-0.25, -0.2) is 19.9 Å². The molecule has 0 spiro atoms. The number of pyridine rings is 1. The minimum atomic E-state index is -0.689. The van der Waals surface area contributed by atoms with E-state index in [-0.39, 0.29) is 40.4 Å². The van der Waals surface area contributed by atoms with Crippen LogP contribution in [0.3, 0.4) is 0 Å². The Morgan fingerprint density at radius 3 is 2.83 bits per heavy atom. The fourth-order valence-corrected chi connectivity index (χ4v) is 5.01. The number of nitrogens with zero attached hydrogens (tertiary/aromatic N) is 5. The van der Waals surface area contributed by atoms with Crippen LogP contribution in [-0.4, -0.2) is 70.0 Å². The summed E-state index contributed by atoms with van der Waals surface area (Å²) in [7, 11) is 3.83. The zero-order valence-corrected chi connectivity index (χ0v) is 23.9. The largest absolute Gasteiger partial charge is 0.348 e. The summed E-state index contributed by atoms with van der Waals surface area (Å²) in [5.41, 5.74) is 9.03. The van der Waals surface area contributed by atoms with Crippen LogP contribution < -0.4 is 16.0 Å². The fraction of sp³-hybridized carbons (Fsp3) is 0.300. The van der Waals surface area contributed by atoms with Gasteiger partial charge < -0.3 is 20.9 Å². The van der Waals surface area contributed by atoms with Crippen LogP contribution in [0.25, 0.3) is 0 Å². The Morgan fingerprint density at radius 1 is 1.21 bits per heavy atom. The van der Waals surface area contributed by atoms with Gasteiger partial charge in [0.1, 0.15) is 11.6 Å². The molecule has 3 aliphatic rings. The third-order valence-corrected chi connectivity index (χ3v) is 7.09. The molecule has 214 valence electrons. The van der Waals surface area contributed by atoms with Crippen LogP contribution in [0.4, 0.5) is 11.6 Å². The lowest BCUT2D eigenvalue weighted by Gasteiger charge is -2.24. The van der Waals surface area contributed by atoms with Gasteiger partial charge in [0.05, 0.1) is 34.5 Å². The van der Waals surface area contributed by atoms with Crippen molar-refractivity contribution in [1.82, 2.24) is 30.5 Å². The molecular formula is C30H29ClN8O3. The molecule has 5 rings (SSSR count). The van der Waals surface area contributed by atoms with Crippen molar-refractivity contribution in [2.45, 2.75) is 37.6 Å². The number of nitrogens with one attached hydrogen (secondary N) is 3. The van der Waals surface area contributed by atoms with Crippen molar-refractivity contribution in [3.63, 3.8) is 0 Å². The van der Waals surface area contributed by atoms with Crippen LogP contribution in [0.15, 0.2) is 76.6 Å². The van der Waals surface area contributed by atoms with Gasteiger partial charge in [-0.1, -0.05) is 29.1 Å². The topological polar surface area (TPSA) is 142 Å². The third-order valence-electron chi connectivity index (χ3n) is 6.80. The minimum absolute atomic E-state index is 0.140. The van der Waals surface area contributed by atoms with Gasteiger partial charge in [-0.05, 0) is 51.6 Å². The first-order valence-electron chi connectivity index (χ1n) is 13.5. The van der Waals surface area contributed by atoms with E-state index in [0.29, 0.717) is 30.0 Å². The lowest BCUT2D eigenvalue weighted by Crippen LogP contribution is -2.38. The monoisotopic (exact) mass is 584 g/mol. The summed E-state index contributed by atoms with van der Waals surface area (Å²) in [5, 5.41) is 8.84. The maximum atomic E-state index is 12.9. The molecule has 42 heavy (non-hydrogen) atoms. The molecule has 2 aromatic heterocycles. The number of carbonyl (C=O) groups excluding carboxylic acids is 3. The number of amides is 3. The first-order valence-corrected chi connectivity index (χ1v) is 13.8. The van der Waals surface area contributed by atoms with Gasteiger partial charge >= 0.3 is 0 Å². The van der Waals surface area contributed by atoms with E-state index >= 15 is 0 Å². The van der Waals surface area contributed by atoms with Gasteiger partial charge in [0.25, 0.3) is 5.91 Å². The third kappa shape index (κ3) is 6.97. The molecule has 3 amide bonds. The fourth-order valence-electron chi connectivity index (χ4n) is 4.81. The van der Waals surface area contributed by atoms with Crippen molar-refractivity contribution in [3.8, 4) is 0 Å². The van der Waals surface area contributed by atoms with Gasteiger partial charge in [-0.3, -0.25) is 14.4 Å². The van der Waals surface area contributed by atoms with Crippen LogP contribution in [-0.2, 0) is 9.59 Å².